The average Bonchev–Trinajstić information content (AvgIpc) is 2.43. The van der Waals surface area contributed by atoms with Crippen LogP contribution in [0.1, 0.15) is 11.3 Å². The zero-order chi connectivity index (χ0) is 14.4. The predicted octanol–water partition coefficient (Wildman–Crippen LogP) is 2.35. The van der Waals surface area contributed by atoms with E-state index in [1.165, 1.54) is 12.1 Å². The summed E-state index contributed by atoms with van der Waals surface area (Å²) in [5.41, 5.74) is 1.24. The highest BCUT2D eigenvalue weighted by molar-refractivity contribution is 5.18. The molecule has 0 radical (unpaired) electrons. The van der Waals surface area contributed by atoms with Gasteiger partial charge in [-0.05, 0) is 18.2 Å². The predicted molar refractivity (Wildman–Crippen MR) is 71.8 cm³/mol. The Labute approximate surface area is 116 Å². The van der Waals surface area contributed by atoms with Gasteiger partial charge in [-0.2, -0.15) is 0 Å². The molecule has 5 heteroatoms. The lowest BCUT2D eigenvalue weighted by atomic mass is 10.2. The number of aromatic nitrogens is 1. The summed E-state index contributed by atoms with van der Waals surface area (Å²) in [5.74, 6) is -1.17. The van der Waals surface area contributed by atoms with Crippen LogP contribution in [-0.2, 0) is 13.1 Å². The Bertz CT molecular complexity index is 549. The van der Waals surface area contributed by atoms with Crippen LogP contribution in [0.4, 0.5) is 8.78 Å². The van der Waals surface area contributed by atoms with Crippen molar-refractivity contribution in [2.45, 2.75) is 13.1 Å². The molecule has 0 spiro atoms. The number of aliphatic hydroxyl groups is 1. The molecular formula is C15H16F2N2O. The molecule has 0 saturated carbocycles. The van der Waals surface area contributed by atoms with Gasteiger partial charge in [0.1, 0.15) is 11.6 Å². The summed E-state index contributed by atoms with van der Waals surface area (Å²) in [7, 11) is 0. The van der Waals surface area contributed by atoms with E-state index in [-0.39, 0.29) is 6.61 Å². The number of hydrogen-bond acceptors (Lipinski definition) is 3. The maximum Gasteiger partial charge on any atom is 0.130 e. The lowest BCUT2D eigenvalue weighted by Gasteiger charge is -2.21. The Morgan fingerprint density at radius 3 is 2.60 bits per heavy atom. The Balaban J connectivity index is 2.09. The summed E-state index contributed by atoms with van der Waals surface area (Å²) in [6, 6.07) is 9.08. The summed E-state index contributed by atoms with van der Waals surface area (Å²) in [6.07, 6.45) is 1.69. The first-order chi connectivity index (χ1) is 9.69. The topological polar surface area (TPSA) is 36.4 Å². The molecule has 0 bridgehead atoms. The minimum atomic E-state index is -0.593. The molecule has 1 aromatic heterocycles. The highest BCUT2D eigenvalue weighted by atomic mass is 19.1. The van der Waals surface area contributed by atoms with Gasteiger partial charge >= 0.3 is 0 Å². The van der Waals surface area contributed by atoms with Gasteiger partial charge in [-0.15, -0.1) is 0 Å². The minimum Gasteiger partial charge on any atom is -0.395 e. The molecule has 2 rings (SSSR count). The van der Waals surface area contributed by atoms with Gasteiger partial charge in [0.05, 0.1) is 12.3 Å². The first-order valence-electron chi connectivity index (χ1n) is 6.36. The molecule has 0 amide bonds. The lowest BCUT2D eigenvalue weighted by Crippen LogP contribution is -2.27. The zero-order valence-corrected chi connectivity index (χ0v) is 11.0. The second-order valence-corrected chi connectivity index (χ2v) is 4.49. The second kappa shape index (κ2) is 7.07. The number of halogens is 2. The van der Waals surface area contributed by atoms with Crippen molar-refractivity contribution in [1.29, 1.82) is 0 Å². The molecule has 1 heterocycles. The van der Waals surface area contributed by atoms with Gasteiger partial charge in [-0.3, -0.25) is 9.88 Å². The third-order valence-electron chi connectivity index (χ3n) is 2.94. The van der Waals surface area contributed by atoms with Gasteiger partial charge in [0, 0.05) is 37.5 Å². The molecule has 0 aliphatic heterocycles. The molecule has 0 atom stereocenters. The first kappa shape index (κ1) is 14.6. The van der Waals surface area contributed by atoms with E-state index in [1.807, 2.05) is 23.1 Å². The van der Waals surface area contributed by atoms with Gasteiger partial charge < -0.3 is 5.11 Å². The molecule has 3 nitrogen and oxygen atoms in total. The monoisotopic (exact) mass is 278 g/mol. The van der Waals surface area contributed by atoms with E-state index in [2.05, 4.69) is 4.98 Å². The van der Waals surface area contributed by atoms with Gasteiger partial charge in [-0.1, -0.05) is 12.1 Å². The number of pyridine rings is 1. The Kier molecular flexibility index (Phi) is 5.15. The quantitative estimate of drug-likeness (QED) is 0.881. The molecule has 1 aromatic carbocycles. The van der Waals surface area contributed by atoms with Crippen molar-refractivity contribution >= 4 is 0 Å². The van der Waals surface area contributed by atoms with Crippen molar-refractivity contribution in [3.05, 3.63) is 65.5 Å². The van der Waals surface area contributed by atoms with Crippen LogP contribution in [0, 0.1) is 11.6 Å². The Morgan fingerprint density at radius 1 is 1.10 bits per heavy atom. The van der Waals surface area contributed by atoms with Crippen LogP contribution in [0.25, 0.3) is 0 Å². The van der Waals surface area contributed by atoms with Crippen LogP contribution in [0.5, 0.6) is 0 Å². The zero-order valence-electron chi connectivity index (χ0n) is 11.0. The molecule has 0 fully saturated rings. The summed E-state index contributed by atoms with van der Waals surface area (Å²) in [5, 5.41) is 9.09. The molecule has 106 valence electrons. The van der Waals surface area contributed by atoms with E-state index in [0.717, 1.165) is 11.8 Å². The molecule has 2 aromatic rings. The van der Waals surface area contributed by atoms with Crippen LogP contribution in [0.3, 0.4) is 0 Å². The maximum absolute atomic E-state index is 13.6. The van der Waals surface area contributed by atoms with Crippen LogP contribution < -0.4 is 0 Å². The maximum atomic E-state index is 13.6. The summed E-state index contributed by atoms with van der Waals surface area (Å²) in [6.45, 7) is 1.16. The van der Waals surface area contributed by atoms with E-state index in [9.17, 15) is 8.78 Å². The fourth-order valence-corrected chi connectivity index (χ4v) is 1.97. The van der Waals surface area contributed by atoms with Crippen molar-refractivity contribution in [3.63, 3.8) is 0 Å². The van der Waals surface area contributed by atoms with Crippen LogP contribution in [-0.4, -0.2) is 28.1 Å². The molecule has 0 unspecified atom stereocenters. The van der Waals surface area contributed by atoms with E-state index in [4.69, 9.17) is 5.11 Å². The van der Waals surface area contributed by atoms with Crippen molar-refractivity contribution in [2.75, 3.05) is 13.2 Å². The standard InChI is InChI=1S/C15H16F2N2O/c16-13-5-4-12(15(17)9-13)10-19(7-8-20)11-14-3-1-2-6-18-14/h1-6,9,20H,7-8,10-11H2. The summed E-state index contributed by atoms with van der Waals surface area (Å²) >= 11 is 0. The summed E-state index contributed by atoms with van der Waals surface area (Å²) in [4.78, 5) is 6.06. The van der Waals surface area contributed by atoms with Crippen molar-refractivity contribution in [1.82, 2.24) is 9.88 Å². The third-order valence-corrected chi connectivity index (χ3v) is 2.94. The van der Waals surface area contributed by atoms with Crippen molar-refractivity contribution in [2.24, 2.45) is 0 Å². The van der Waals surface area contributed by atoms with Gasteiger partial charge in [0.15, 0.2) is 0 Å². The van der Waals surface area contributed by atoms with Gasteiger partial charge in [0.25, 0.3) is 0 Å². The Hall–Kier alpha value is -1.85. The molecule has 0 saturated heterocycles. The van der Waals surface area contributed by atoms with Gasteiger partial charge in [0.2, 0.25) is 0 Å². The molecule has 0 aliphatic rings. The third kappa shape index (κ3) is 4.08. The van der Waals surface area contributed by atoms with Crippen LogP contribution >= 0.6 is 0 Å². The van der Waals surface area contributed by atoms with E-state index < -0.39 is 11.6 Å². The van der Waals surface area contributed by atoms with E-state index >= 15 is 0 Å². The van der Waals surface area contributed by atoms with Crippen molar-refractivity contribution in [3.8, 4) is 0 Å². The second-order valence-electron chi connectivity index (χ2n) is 4.49. The fraction of sp³-hybridized carbons (Fsp3) is 0.267. The first-order valence-corrected chi connectivity index (χ1v) is 6.36. The number of nitrogens with zero attached hydrogens (tertiary/aromatic N) is 2. The normalized spacial score (nSPS) is 11.0. The smallest absolute Gasteiger partial charge is 0.130 e. The largest absolute Gasteiger partial charge is 0.395 e. The SMILES string of the molecule is OCCN(Cc1ccccn1)Cc1ccc(F)cc1F. The van der Waals surface area contributed by atoms with E-state index in [0.29, 0.717) is 25.2 Å². The van der Waals surface area contributed by atoms with Gasteiger partial charge in [-0.25, -0.2) is 8.78 Å². The van der Waals surface area contributed by atoms with Crippen LogP contribution in [0.2, 0.25) is 0 Å². The van der Waals surface area contributed by atoms with E-state index in [1.54, 1.807) is 6.20 Å². The Morgan fingerprint density at radius 2 is 1.95 bits per heavy atom. The highest BCUT2D eigenvalue weighted by Gasteiger charge is 2.11. The number of hydrogen-bond donors (Lipinski definition) is 1. The molecule has 1 N–H and O–H groups in total. The van der Waals surface area contributed by atoms with Crippen molar-refractivity contribution < 1.29 is 13.9 Å². The number of rotatable bonds is 6. The minimum absolute atomic E-state index is 0.0321. The summed E-state index contributed by atoms with van der Waals surface area (Å²) < 4.78 is 26.5. The number of aliphatic hydroxyl groups excluding tert-OH is 1. The fourth-order valence-electron chi connectivity index (χ4n) is 1.97. The lowest BCUT2D eigenvalue weighted by molar-refractivity contribution is 0.181. The average molecular weight is 278 g/mol. The molecule has 20 heavy (non-hydrogen) atoms. The van der Waals surface area contributed by atoms with Crippen LogP contribution in [0.15, 0.2) is 42.6 Å². The molecule has 0 aliphatic carbocycles. The molecular weight excluding hydrogens is 262 g/mol. The number of benzene rings is 1. The highest BCUT2D eigenvalue weighted by Crippen LogP contribution is 2.13.